The van der Waals surface area contributed by atoms with Crippen LogP contribution in [0, 0.1) is 0 Å². The lowest BCUT2D eigenvalue weighted by Crippen LogP contribution is -2.25. The van der Waals surface area contributed by atoms with Crippen molar-refractivity contribution in [1.82, 2.24) is 5.32 Å². The molecular weight excluding hydrogens is 312 g/mol. The second kappa shape index (κ2) is 8.18. The summed E-state index contributed by atoms with van der Waals surface area (Å²) in [5.41, 5.74) is 8.66. The quantitative estimate of drug-likeness (QED) is 0.879. The minimum atomic E-state index is -0.130. The van der Waals surface area contributed by atoms with Crippen molar-refractivity contribution in [2.24, 2.45) is 5.73 Å². The number of benzene rings is 1. The zero-order chi connectivity index (χ0) is 16.2. The molecule has 0 aliphatic rings. The highest BCUT2D eigenvalue weighted by Gasteiger charge is 2.13. The fourth-order valence-electron chi connectivity index (χ4n) is 2.20. The van der Waals surface area contributed by atoms with Crippen molar-refractivity contribution in [3.8, 4) is 0 Å². The fourth-order valence-corrected chi connectivity index (χ4v) is 2.20. The van der Waals surface area contributed by atoms with Gasteiger partial charge in [0.1, 0.15) is 12.0 Å². The van der Waals surface area contributed by atoms with Crippen LogP contribution in [0.15, 0.2) is 41.0 Å². The molecule has 1 aromatic heterocycles. The molecule has 1 heterocycles. The predicted octanol–water partition coefficient (Wildman–Crippen LogP) is 3.43. The van der Waals surface area contributed by atoms with Crippen LogP contribution in [0.3, 0.4) is 0 Å². The molecule has 0 saturated carbocycles. The van der Waals surface area contributed by atoms with Crippen LogP contribution >= 0.6 is 12.4 Å². The number of nitrogens with two attached hydrogens (primary N) is 1. The molecule has 0 unspecified atom stereocenters. The van der Waals surface area contributed by atoms with Crippen LogP contribution in [0.4, 0.5) is 0 Å². The number of rotatable bonds is 5. The lowest BCUT2D eigenvalue weighted by Gasteiger charge is -2.19. The lowest BCUT2D eigenvalue weighted by atomic mass is 9.86. The van der Waals surface area contributed by atoms with Crippen molar-refractivity contribution >= 4 is 18.3 Å². The van der Waals surface area contributed by atoms with Crippen LogP contribution in [-0.2, 0) is 18.4 Å². The first-order valence-electron chi connectivity index (χ1n) is 7.55. The fraction of sp³-hybridized carbons (Fsp3) is 0.389. The van der Waals surface area contributed by atoms with Gasteiger partial charge in [-0.15, -0.1) is 12.4 Å². The molecule has 0 atom stereocenters. The van der Waals surface area contributed by atoms with Crippen molar-refractivity contribution < 1.29 is 9.21 Å². The molecule has 0 aliphatic carbocycles. The molecular formula is C18H25ClN2O2. The molecule has 4 nitrogen and oxygen atoms in total. The molecule has 23 heavy (non-hydrogen) atoms. The minimum Gasteiger partial charge on any atom is -0.467 e. The number of hydrogen-bond acceptors (Lipinski definition) is 3. The van der Waals surface area contributed by atoms with E-state index in [4.69, 9.17) is 10.2 Å². The molecule has 0 saturated heterocycles. The summed E-state index contributed by atoms with van der Waals surface area (Å²) in [4.78, 5) is 11.9. The maximum Gasteiger partial charge on any atom is 0.254 e. The van der Waals surface area contributed by atoms with E-state index in [1.807, 2.05) is 0 Å². The number of halogens is 1. The first-order chi connectivity index (χ1) is 10.4. The maximum atomic E-state index is 11.9. The molecule has 126 valence electrons. The predicted molar refractivity (Wildman–Crippen MR) is 95.0 cm³/mol. The van der Waals surface area contributed by atoms with E-state index in [9.17, 15) is 4.79 Å². The molecule has 1 amide bonds. The van der Waals surface area contributed by atoms with Gasteiger partial charge in [0.05, 0.1) is 12.1 Å². The summed E-state index contributed by atoms with van der Waals surface area (Å²) in [5, 5.41) is 2.89. The molecule has 3 N–H and O–H groups in total. The number of carbonyl (C=O) groups is 1. The SMILES string of the molecule is CC(C)(C)c1ccc(CCNC(=O)c2coc(CN)c2)cc1.Cl. The van der Waals surface area contributed by atoms with Gasteiger partial charge in [-0.1, -0.05) is 45.0 Å². The Kier molecular flexibility index (Phi) is 6.85. The van der Waals surface area contributed by atoms with Gasteiger partial charge in [-0.05, 0) is 29.0 Å². The molecule has 0 fully saturated rings. The molecule has 0 aliphatic heterocycles. The minimum absolute atomic E-state index is 0. The van der Waals surface area contributed by atoms with E-state index in [1.54, 1.807) is 6.07 Å². The maximum absolute atomic E-state index is 11.9. The van der Waals surface area contributed by atoms with Crippen LogP contribution in [0.1, 0.15) is 48.0 Å². The largest absolute Gasteiger partial charge is 0.467 e. The molecule has 5 heteroatoms. The summed E-state index contributed by atoms with van der Waals surface area (Å²) in [6, 6.07) is 10.2. The Morgan fingerprint density at radius 2 is 1.87 bits per heavy atom. The van der Waals surface area contributed by atoms with E-state index in [0.29, 0.717) is 24.4 Å². The van der Waals surface area contributed by atoms with Gasteiger partial charge in [-0.25, -0.2) is 0 Å². The number of nitrogens with one attached hydrogen (secondary N) is 1. The van der Waals surface area contributed by atoms with Gasteiger partial charge in [-0.3, -0.25) is 4.79 Å². The highest BCUT2D eigenvalue weighted by Crippen LogP contribution is 2.22. The summed E-state index contributed by atoms with van der Waals surface area (Å²) < 4.78 is 5.16. The van der Waals surface area contributed by atoms with Gasteiger partial charge >= 0.3 is 0 Å². The van der Waals surface area contributed by atoms with Crippen LogP contribution in [0.5, 0.6) is 0 Å². The molecule has 0 spiro atoms. The smallest absolute Gasteiger partial charge is 0.254 e. The number of amides is 1. The van der Waals surface area contributed by atoms with Crippen molar-refractivity contribution in [3.63, 3.8) is 0 Å². The zero-order valence-corrected chi connectivity index (χ0v) is 14.7. The van der Waals surface area contributed by atoms with Gasteiger partial charge in [0.2, 0.25) is 0 Å². The average molecular weight is 337 g/mol. The standard InChI is InChI=1S/C18H24N2O2.ClH/c1-18(2,3)15-6-4-13(5-7-15)8-9-20-17(21)14-10-16(11-19)22-12-14;/h4-7,10,12H,8-9,11,19H2,1-3H3,(H,20,21);1H. The van der Waals surface area contributed by atoms with Gasteiger partial charge in [0.25, 0.3) is 5.91 Å². The number of carbonyl (C=O) groups excluding carboxylic acids is 1. The summed E-state index contributed by atoms with van der Waals surface area (Å²) in [6.45, 7) is 7.48. The Hall–Kier alpha value is -1.78. The Labute approximate surface area is 143 Å². The summed E-state index contributed by atoms with van der Waals surface area (Å²) in [6.07, 6.45) is 2.24. The van der Waals surface area contributed by atoms with Gasteiger partial charge in [0, 0.05) is 6.54 Å². The molecule has 2 rings (SSSR count). The first kappa shape index (κ1) is 19.3. The normalized spacial score (nSPS) is 11.0. The van der Waals surface area contributed by atoms with Crippen LogP contribution in [-0.4, -0.2) is 12.5 Å². The highest BCUT2D eigenvalue weighted by molar-refractivity contribution is 5.93. The van der Waals surface area contributed by atoms with Crippen LogP contribution in [0.2, 0.25) is 0 Å². The lowest BCUT2D eigenvalue weighted by molar-refractivity contribution is 0.0953. The molecule has 0 bridgehead atoms. The molecule has 1 aromatic carbocycles. The van der Waals surface area contributed by atoms with Gasteiger partial charge in [0.15, 0.2) is 0 Å². The molecule has 2 aromatic rings. The van der Waals surface area contributed by atoms with E-state index in [-0.39, 0.29) is 23.7 Å². The van der Waals surface area contributed by atoms with Crippen LogP contribution in [0.25, 0.3) is 0 Å². The first-order valence-corrected chi connectivity index (χ1v) is 7.55. The topological polar surface area (TPSA) is 68.3 Å². The Balaban J connectivity index is 0.00000264. The Bertz CT molecular complexity index is 627. The van der Waals surface area contributed by atoms with Gasteiger partial charge < -0.3 is 15.5 Å². The summed E-state index contributed by atoms with van der Waals surface area (Å²) in [5.74, 6) is 0.484. The van der Waals surface area contributed by atoms with Gasteiger partial charge in [-0.2, -0.15) is 0 Å². The number of furan rings is 1. The Morgan fingerprint density at radius 3 is 2.39 bits per heavy atom. The van der Waals surface area contributed by atoms with E-state index in [2.05, 4.69) is 50.4 Å². The highest BCUT2D eigenvalue weighted by atomic mass is 35.5. The molecule has 0 radical (unpaired) electrons. The second-order valence-electron chi connectivity index (χ2n) is 6.46. The average Bonchev–Trinajstić information content (AvgIpc) is 2.96. The summed E-state index contributed by atoms with van der Waals surface area (Å²) in [7, 11) is 0. The summed E-state index contributed by atoms with van der Waals surface area (Å²) >= 11 is 0. The third-order valence-electron chi connectivity index (χ3n) is 3.64. The van der Waals surface area contributed by atoms with Crippen molar-refractivity contribution in [1.29, 1.82) is 0 Å². The third-order valence-corrected chi connectivity index (χ3v) is 3.64. The number of hydrogen-bond donors (Lipinski definition) is 2. The Morgan fingerprint density at radius 1 is 1.22 bits per heavy atom. The third kappa shape index (κ3) is 5.41. The zero-order valence-electron chi connectivity index (χ0n) is 13.9. The van der Waals surface area contributed by atoms with E-state index >= 15 is 0 Å². The van der Waals surface area contributed by atoms with Crippen LogP contribution < -0.4 is 11.1 Å². The van der Waals surface area contributed by atoms with Crippen molar-refractivity contribution in [2.75, 3.05) is 6.54 Å². The van der Waals surface area contributed by atoms with Crippen molar-refractivity contribution in [3.05, 3.63) is 59.0 Å². The van der Waals surface area contributed by atoms with Crippen molar-refractivity contribution in [2.45, 2.75) is 39.2 Å². The monoisotopic (exact) mass is 336 g/mol. The van der Waals surface area contributed by atoms with E-state index in [1.165, 1.54) is 17.4 Å². The van der Waals surface area contributed by atoms with E-state index < -0.39 is 0 Å². The second-order valence-corrected chi connectivity index (χ2v) is 6.46. The van der Waals surface area contributed by atoms with E-state index in [0.717, 1.165) is 6.42 Å².